The predicted molar refractivity (Wildman–Crippen MR) is 85.6 cm³/mol. The summed E-state index contributed by atoms with van der Waals surface area (Å²) in [5.41, 5.74) is 12.1. The van der Waals surface area contributed by atoms with Crippen molar-refractivity contribution >= 4 is 19.0 Å². The normalized spacial score (nSPS) is 14.9. The van der Waals surface area contributed by atoms with E-state index in [0.717, 1.165) is 17.0 Å². The van der Waals surface area contributed by atoms with Gasteiger partial charge in [0.05, 0.1) is 12.6 Å². The maximum Gasteiger partial charge on any atom is 0.325 e. The fourth-order valence-corrected chi connectivity index (χ4v) is 2.81. The first-order valence-corrected chi connectivity index (χ1v) is 8.76. The standard InChI is InChI=1S/C15H18N3O3P/c16-18-14-8-9-15(17-13-6-2-1-3-7-13)12(11-14)5-4-10-22(19,20)21/h1-3,6-7,9,11,17H,4-5,8,10H2,(H2,19,20,21). The second-order valence-electron chi connectivity index (χ2n) is 5.07. The topological polar surface area (TPSA) is 106 Å². The van der Waals surface area contributed by atoms with Gasteiger partial charge < -0.3 is 20.6 Å². The highest BCUT2D eigenvalue weighted by atomic mass is 31.2. The molecule has 1 aromatic rings. The van der Waals surface area contributed by atoms with Crippen molar-refractivity contribution in [3.8, 4) is 0 Å². The van der Waals surface area contributed by atoms with Crippen molar-refractivity contribution in [3.05, 3.63) is 59.3 Å². The van der Waals surface area contributed by atoms with Gasteiger partial charge in [0.15, 0.2) is 0 Å². The van der Waals surface area contributed by atoms with Crippen LogP contribution in [0.1, 0.15) is 19.3 Å². The minimum Gasteiger partial charge on any atom is -0.361 e. The van der Waals surface area contributed by atoms with Crippen molar-refractivity contribution < 1.29 is 19.1 Å². The van der Waals surface area contributed by atoms with E-state index in [1.54, 1.807) is 6.08 Å². The molecule has 6 nitrogen and oxygen atoms in total. The molecule has 3 N–H and O–H groups in total. The summed E-state index contributed by atoms with van der Waals surface area (Å²) in [7, 11) is -3.99. The number of hydrogen-bond acceptors (Lipinski definition) is 2. The van der Waals surface area contributed by atoms with Gasteiger partial charge in [0, 0.05) is 17.5 Å². The number of hydrogen-bond donors (Lipinski definition) is 3. The van der Waals surface area contributed by atoms with Crippen LogP contribution in [0.15, 0.2) is 53.8 Å². The molecule has 116 valence electrons. The van der Waals surface area contributed by atoms with Gasteiger partial charge in [0.2, 0.25) is 0 Å². The van der Waals surface area contributed by atoms with Crippen LogP contribution in [-0.2, 0) is 4.57 Å². The summed E-state index contributed by atoms with van der Waals surface area (Å²) in [4.78, 5) is 21.1. The van der Waals surface area contributed by atoms with E-state index in [1.165, 1.54) is 0 Å². The molecule has 0 unspecified atom stereocenters. The Morgan fingerprint density at radius 3 is 2.64 bits per heavy atom. The fourth-order valence-electron chi connectivity index (χ4n) is 2.24. The summed E-state index contributed by atoms with van der Waals surface area (Å²) in [6, 6.07) is 9.63. The van der Waals surface area contributed by atoms with Gasteiger partial charge in [0.25, 0.3) is 5.71 Å². The Kier molecular flexibility index (Phi) is 5.47. The maximum atomic E-state index is 10.9. The lowest BCUT2D eigenvalue weighted by molar-refractivity contribution is -0.00548. The van der Waals surface area contributed by atoms with Gasteiger partial charge in [-0.1, -0.05) is 18.2 Å². The van der Waals surface area contributed by atoms with Crippen molar-refractivity contribution in [2.45, 2.75) is 19.3 Å². The summed E-state index contributed by atoms with van der Waals surface area (Å²) in [5, 5.41) is 3.29. The molecule has 0 atom stereocenters. The van der Waals surface area contributed by atoms with E-state index in [1.807, 2.05) is 36.4 Å². The van der Waals surface area contributed by atoms with Gasteiger partial charge in [-0.15, -0.1) is 0 Å². The monoisotopic (exact) mass is 319 g/mol. The number of allylic oxidation sites excluding steroid dienone is 3. The number of rotatable bonds is 6. The summed E-state index contributed by atoms with van der Waals surface area (Å²) in [6.07, 6.45) is 4.88. The Hall–Kier alpha value is -1.97. The Morgan fingerprint density at radius 2 is 2.00 bits per heavy atom. The number of anilines is 1. The molecule has 22 heavy (non-hydrogen) atoms. The third-order valence-corrected chi connectivity index (χ3v) is 4.18. The summed E-state index contributed by atoms with van der Waals surface area (Å²) >= 11 is 0. The van der Waals surface area contributed by atoms with Gasteiger partial charge in [-0.05, 0) is 36.6 Å². The molecular formula is C15H18N3O3P. The van der Waals surface area contributed by atoms with E-state index < -0.39 is 7.60 Å². The highest BCUT2D eigenvalue weighted by Gasteiger charge is 2.18. The Bertz CT molecular complexity index is 685. The first-order valence-electron chi connectivity index (χ1n) is 6.96. The number of para-hydroxylation sites is 1. The van der Waals surface area contributed by atoms with Crippen LogP contribution in [0.25, 0.3) is 5.53 Å². The second kappa shape index (κ2) is 7.34. The lowest BCUT2D eigenvalue weighted by atomic mass is 9.98. The second-order valence-corrected chi connectivity index (χ2v) is 6.84. The van der Waals surface area contributed by atoms with Gasteiger partial charge in [-0.25, -0.2) is 0 Å². The number of benzene rings is 1. The molecule has 0 spiro atoms. The zero-order valence-corrected chi connectivity index (χ0v) is 12.9. The molecular weight excluding hydrogens is 301 g/mol. The zero-order valence-electron chi connectivity index (χ0n) is 12.0. The van der Waals surface area contributed by atoms with E-state index in [4.69, 9.17) is 15.3 Å². The molecule has 7 heteroatoms. The van der Waals surface area contributed by atoms with Crippen LogP contribution in [0.3, 0.4) is 0 Å². The first-order chi connectivity index (χ1) is 10.5. The smallest absolute Gasteiger partial charge is 0.325 e. The van der Waals surface area contributed by atoms with Crippen LogP contribution in [0.4, 0.5) is 5.69 Å². The molecule has 1 aliphatic rings. The molecule has 0 aromatic heterocycles. The van der Waals surface area contributed by atoms with E-state index >= 15 is 0 Å². The average molecular weight is 319 g/mol. The van der Waals surface area contributed by atoms with Gasteiger partial charge >= 0.3 is 7.60 Å². The van der Waals surface area contributed by atoms with E-state index in [9.17, 15) is 4.57 Å². The van der Waals surface area contributed by atoms with Crippen LogP contribution >= 0.6 is 7.60 Å². The van der Waals surface area contributed by atoms with E-state index in [2.05, 4.69) is 10.1 Å². The molecule has 0 bridgehead atoms. The predicted octanol–water partition coefficient (Wildman–Crippen LogP) is 2.94. The first kappa shape index (κ1) is 16.4. The SMILES string of the molecule is [N-]=[N+]=C1C=C(CCCP(=O)(O)O)C(Nc2ccccc2)=CC1. The molecule has 1 aliphatic carbocycles. The Labute approximate surface area is 129 Å². The van der Waals surface area contributed by atoms with Gasteiger partial charge in [-0.3, -0.25) is 4.57 Å². The average Bonchev–Trinajstić information content (AvgIpc) is 2.48. The number of nitrogens with one attached hydrogen (secondary N) is 1. The van der Waals surface area contributed by atoms with Crippen molar-refractivity contribution in [2.24, 2.45) is 0 Å². The van der Waals surface area contributed by atoms with Crippen molar-refractivity contribution in [1.29, 1.82) is 0 Å². The van der Waals surface area contributed by atoms with E-state index in [-0.39, 0.29) is 6.16 Å². The molecule has 0 heterocycles. The van der Waals surface area contributed by atoms with Crippen molar-refractivity contribution in [1.82, 2.24) is 0 Å². The van der Waals surface area contributed by atoms with Crippen molar-refractivity contribution in [2.75, 3.05) is 11.5 Å². The molecule has 0 saturated carbocycles. The van der Waals surface area contributed by atoms with Crippen LogP contribution in [0, 0.1) is 0 Å². The summed E-state index contributed by atoms with van der Waals surface area (Å²) in [6.45, 7) is 0. The highest BCUT2D eigenvalue weighted by Crippen LogP contribution is 2.36. The summed E-state index contributed by atoms with van der Waals surface area (Å²) < 4.78 is 10.9. The van der Waals surface area contributed by atoms with Gasteiger partial charge in [-0.2, -0.15) is 4.79 Å². The zero-order chi connectivity index (χ0) is 16.0. The molecule has 0 aliphatic heterocycles. The molecule has 0 fully saturated rings. The Balaban J connectivity index is 2.10. The lowest BCUT2D eigenvalue weighted by Gasteiger charge is -2.17. The molecule has 1 aromatic carbocycles. The maximum absolute atomic E-state index is 10.9. The van der Waals surface area contributed by atoms with E-state index in [0.29, 0.717) is 25.0 Å². The third-order valence-electron chi connectivity index (χ3n) is 3.28. The molecule has 0 saturated heterocycles. The highest BCUT2D eigenvalue weighted by molar-refractivity contribution is 7.51. The molecule has 2 rings (SSSR count). The van der Waals surface area contributed by atoms with Crippen LogP contribution in [0.2, 0.25) is 0 Å². The van der Waals surface area contributed by atoms with Crippen molar-refractivity contribution in [3.63, 3.8) is 0 Å². The quantitative estimate of drug-likeness (QED) is 0.426. The largest absolute Gasteiger partial charge is 0.361 e. The molecule has 0 amide bonds. The minimum absolute atomic E-state index is 0.158. The number of nitrogens with zero attached hydrogens (tertiary/aromatic N) is 2. The Morgan fingerprint density at radius 1 is 1.27 bits per heavy atom. The molecule has 0 radical (unpaired) electrons. The van der Waals surface area contributed by atoms with Crippen LogP contribution < -0.4 is 5.32 Å². The van der Waals surface area contributed by atoms with Crippen LogP contribution in [0.5, 0.6) is 0 Å². The van der Waals surface area contributed by atoms with Gasteiger partial charge in [0.1, 0.15) is 0 Å². The summed E-state index contributed by atoms with van der Waals surface area (Å²) in [5.74, 6) is 0. The van der Waals surface area contributed by atoms with Crippen LogP contribution in [-0.4, -0.2) is 26.5 Å². The third kappa shape index (κ3) is 5.10. The lowest BCUT2D eigenvalue weighted by Crippen LogP contribution is -2.11. The fraction of sp³-hybridized carbons (Fsp3) is 0.267. The minimum atomic E-state index is -3.99.